The second-order valence-corrected chi connectivity index (χ2v) is 5.03. The molecule has 92 valence electrons. The highest BCUT2D eigenvalue weighted by molar-refractivity contribution is 5.25. The third-order valence-corrected chi connectivity index (χ3v) is 4.04. The van der Waals surface area contributed by atoms with Crippen molar-refractivity contribution in [3.8, 4) is 6.07 Å². The third-order valence-electron chi connectivity index (χ3n) is 4.04. The van der Waals surface area contributed by atoms with Crippen LogP contribution in [-0.4, -0.2) is 9.78 Å². The minimum absolute atomic E-state index is 0.145. The normalized spacial score (nSPS) is 24.6. The third kappa shape index (κ3) is 2.09. The molecule has 17 heavy (non-hydrogen) atoms. The summed E-state index contributed by atoms with van der Waals surface area (Å²) in [4.78, 5) is 0. The summed E-state index contributed by atoms with van der Waals surface area (Å²) >= 11 is 0. The van der Waals surface area contributed by atoms with Crippen molar-refractivity contribution in [3.05, 3.63) is 17.0 Å². The van der Waals surface area contributed by atoms with Gasteiger partial charge in [-0.1, -0.05) is 19.8 Å². The summed E-state index contributed by atoms with van der Waals surface area (Å²) in [6.07, 6.45) is 5.57. The van der Waals surface area contributed by atoms with E-state index in [-0.39, 0.29) is 5.92 Å². The second-order valence-electron chi connectivity index (χ2n) is 5.03. The zero-order valence-electron chi connectivity index (χ0n) is 11.0. The van der Waals surface area contributed by atoms with Crippen molar-refractivity contribution >= 4 is 0 Å². The van der Waals surface area contributed by atoms with Crippen molar-refractivity contribution in [2.75, 3.05) is 0 Å². The summed E-state index contributed by atoms with van der Waals surface area (Å²) in [5, 5.41) is 13.9. The van der Waals surface area contributed by atoms with Crippen molar-refractivity contribution in [2.45, 2.75) is 58.9 Å². The molecule has 3 heteroatoms. The number of nitrogens with zero attached hydrogens (tertiary/aromatic N) is 3. The monoisotopic (exact) mass is 231 g/mol. The minimum atomic E-state index is 0.145. The van der Waals surface area contributed by atoms with Gasteiger partial charge in [-0.05, 0) is 38.7 Å². The molecule has 1 fully saturated rings. The maximum absolute atomic E-state index is 9.26. The van der Waals surface area contributed by atoms with Crippen LogP contribution in [0, 0.1) is 31.1 Å². The van der Waals surface area contributed by atoms with E-state index in [1.165, 1.54) is 24.1 Å². The van der Waals surface area contributed by atoms with Crippen LogP contribution in [0.1, 0.15) is 55.6 Å². The van der Waals surface area contributed by atoms with Crippen molar-refractivity contribution in [2.24, 2.45) is 5.92 Å². The van der Waals surface area contributed by atoms with Gasteiger partial charge in [-0.25, -0.2) is 0 Å². The van der Waals surface area contributed by atoms with Gasteiger partial charge in [-0.3, -0.25) is 4.68 Å². The lowest BCUT2D eigenvalue weighted by molar-refractivity contribution is 0.266. The average Bonchev–Trinajstić information content (AvgIpc) is 2.64. The highest BCUT2D eigenvalue weighted by atomic mass is 15.3. The van der Waals surface area contributed by atoms with Crippen LogP contribution in [0.25, 0.3) is 0 Å². The van der Waals surface area contributed by atoms with Crippen LogP contribution in [0.3, 0.4) is 0 Å². The smallest absolute Gasteiger partial charge is 0.0687 e. The van der Waals surface area contributed by atoms with E-state index in [0.717, 1.165) is 25.0 Å². The molecule has 0 N–H and O–H groups in total. The van der Waals surface area contributed by atoms with Crippen LogP contribution < -0.4 is 0 Å². The number of aromatic nitrogens is 2. The molecule has 1 aromatic heterocycles. The van der Waals surface area contributed by atoms with E-state index in [1.807, 2.05) is 0 Å². The van der Waals surface area contributed by atoms with Crippen LogP contribution in [0.5, 0.6) is 0 Å². The van der Waals surface area contributed by atoms with Gasteiger partial charge in [0.2, 0.25) is 0 Å². The molecule has 1 saturated carbocycles. The van der Waals surface area contributed by atoms with Crippen LogP contribution in [0.2, 0.25) is 0 Å². The molecular weight excluding hydrogens is 210 g/mol. The predicted octanol–water partition coefficient (Wildman–Crippen LogP) is 3.32. The second kappa shape index (κ2) is 4.91. The average molecular weight is 231 g/mol. The lowest BCUT2D eigenvalue weighted by Crippen LogP contribution is -2.24. The fourth-order valence-corrected chi connectivity index (χ4v) is 3.09. The van der Waals surface area contributed by atoms with E-state index in [9.17, 15) is 5.26 Å². The van der Waals surface area contributed by atoms with Gasteiger partial charge < -0.3 is 0 Å². The van der Waals surface area contributed by atoms with Crippen LogP contribution >= 0.6 is 0 Å². The molecule has 3 nitrogen and oxygen atoms in total. The summed E-state index contributed by atoms with van der Waals surface area (Å²) in [5.74, 6) is 0.145. The quantitative estimate of drug-likeness (QED) is 0.783. The van der Waals surface area contributed by atoms with E-state index >= 15 is 0 Å². The summed E-state index contributed by atoms with van der Waals surface area (Å²) in [5.41, 5.74) is 3.75. The van der Waals surface area contributed by atoms with Gasteiger partial charge in [0.05, 0.1) is 23.7 Å². The fraction of sp³-hybridized carbons (Fsp3) is 0.714. The highest BCUT2D eigenvalue weighted by Gasteiger charge is 2.28. The lowest BCUT2D eigenvalue weighted by atomic mass is 9.85. The summed E-state index contributed by atoms with van der Waals surface area (Å²) in [6.45, 7) is 6.39. The largest absolute Gasteiger partial charge is 0.265 e. The highest BCUT2D eigenvalue weighted by Crippen LogP contribution is 2.34. The van der Waals surface area contributed by atoms with Crippen LogP contribution in [0.4, 0.5) is 0 Å². The number of nitriles is 1. The van der Waals surface area contributed by atoms with E-state index < -0.39 is 0 Å². The molecule has 2 atom stereocenters. The SMILES string of the molecule is CCc1c(C)nn(C2CCCCC2C#N)c1C. The molecule has 1 aliphatic carbocycles. The van der Waals surface area contributed by atoms with Gasteiger partial charge in [0, 0.05) is 5.69 Å². The zero-order chi connectivity index (χ0) is 12.4. The van der Waals surface area contributed by atoms with Gasteiger partial charge in [-0.2, -0.15) is 10.4 Å². The Balaban J connectivity index is 2.36. The van der Waals surface area contributed by atoms with E-state index in [0.29, 0.717) is 6.04 Å². The molecule has 0 radical (unpaired) electrons. The Morgan fingerprint density at radius 2 is 2.06 bits per heavy atom. The molecular formula is C14H21N3. The Bertz CT molecular complexity index is 439. The standard InChI is InChI=1S/C14H21N3/c1-4-13-10(2)16-17(11(13)3)14-8-6-5-7-12(14)9-15/h12,14H,4-8H2,1-3H3. The number of rotatable bonds is 2. The molecule has 0 bridgehead atoms. The first kappa shape index (κ1) is 12.2. The van der Waals surface area contributed by atoms with E-state index in [4.69, 9.17) is 0 Å². The molecule has 0 aliphatic heterocycles. The summed E-state index contributed by atoms with van der Waals surface area (Å²) in [7, 11) is 0. The Hall–Kier alpha value is -1.30. The van der Waals surface area contributed by atoms with Crippen molar-refractivity contribution < 1.29 is 0 Å². The van der Waals surface area contributed by atoms with Crippen molar-refractivity contribution in [1.29, 1.82) is 5.26 Å². The molecule has 0 spiro atoms. The number of aryl methyl sites for hydroxylation is 1. The zero-order valence-corrected chi connectivity index (χ0v) is 11.0. The topological polar surface area (TPSA) is 41.6 Å². The molecule has 0 aromatic carbocycles. The molecule has 1 aliphatic rings. The Morgan fingerprint density at radius 3 is 2.65 bits per heavy atom. The Kier molecular flexibility index (Phi) is 3.51. The lowest BCUT2D eigenvalue weighted by Gasteiger charge is -2.28. The van der Waals surface area contributed by atoms with Gasteiger partial charge >= 0.3 is 0 Å². The summed E-state index contributed by atoms with van der Waals surface area (Å²) in [6, 6.07) is 2.76. The molecule has 2 unspecified atom stereocenters. The predicted molar refractivity (Wildman–Crippen MR) is 67.7 cm³/mol. The van der Waals surface area contributed by atoms with Gasteiger partial charge in [0.1, 0.15) is 0 Å². The maximum atomic E-state index is 9.26. The molecule has 1 heterocycles. The molecule has 0 saturated heterocycles. The van der Waals surface area contributed by atoms with E-state index in [2.05, 4.69) is 36.6 Å². The Morgan fingerprint density at radius 1 is 1.35 bits per heavy atom. The fourth-order valence-electron chi connectivity index (χ4n) is 3.09. The molecule has 0 amide bonds. The van der Waals surface area contributed by atoms with Gasteiger partial charge in [0.25, 0.3) is 0 Å². The molecule has 1 aromatic rings. The number of hydrogen-bond acceptors (Lipinski definition) is 2. The van der Waals surface area contributed by atoms with Crippen molar-refractivity contribution in [3.63, 3.8) is 0 Å². The van der Waals surface area contributed by atoms with Gasteiger partial charge in [0.15, 0.2) is 0 Å². The first-order valence-electron chi connectivity index (χ1n) is 6.63. The van der Waals surface area contributed by atoms with Crippen molar-refractivity contribution in [1.82, 2.24) is 9.78 Å². The first-order chi connectivity index (χ1) is 8.19. The molecule has 2 rings (SSSR count). The first-order valence-corrected chi connectivity index (χ1v) is 6.63. The van der Waals surface area contributed by atoms with Gasteiger partial charge in [-0.15, -0.1) is 0 Å². The summed E-state index contributed by atoms with van der Waals surface area (Å²) < 4.78 is 2.13. The van der Waals surface area contributed by atoms with Crippen LogP contribution in [0.15, 0.2) is 0 Å². The minimum Gasteiger partial charge on any atom is -0.265 e. The number of hydrogen-bond donors (Lipinski definition) is 0. The van der Waals surface area contributed by atoms with E-state index in [1.54, 1.807) is 0 Å². The van der Waals surface area contributed by atoms with Crippen LogP contribution in [-0.2, 0) is 6.42 Å². The maximum Gasteiger partial charge on any atom is 0.0687 e. The Labute approximate surface area is 103 Å².